The number of rotatable bonds is 5. The van der Waals surface area contributed by atoms with Gasteiger partial charge in [0.2, 0.25) is 0 Å². The number of alkyl halides is 2. The van der Waals surface area contributed by atoms with E-state index in [4.69, 9.17) is 0 Å². The molecule has 0 saturated carbocycles. The van der Waals surface area contributed by atoms with Crippen LogP contribution in [0, 0.1) is 6.92 Å². The van der Waals surface area contributed by atoms with E-state index in [9.17, 15) is 13.6 Å². The molecule has 0 atom stereocenters. The van der Waals surface area contributed by atoms with Crippen LogP contribution in [-0.2, 0) is 13.6 Å². The zero-order chi connectivity index (χ0) is 18.8. The number of amides is 1. The molecule has 1 amide bonds. The number of hydrogen-bond acceptors (Lipinski definition) is 3. The van der Waals surface area contributed by atoms with Gasteiger partial charge in [0.25, 0.3) is 5.91 Å². The molecule has 1 aromatic carbocycles. The zero-order valence-electron chi connectivity index (χ0n) is 14.7. The summed E-state index contributed by atoms with van der Waals surface area (Å²) in [5.74, 6) is -0.125. The molecule has 0 bridgehead atoms. The van der Waals surface area contributed by atoms with Gasteiger partial charge in [0, 0.05) is 49.2 Å². The number of aromatic nitrogens is 4. The van der Waals surface area contributed by atoms with Gasteiger partial charge in [0.1, 0.15) is 0 Å². The van der Waals surface area contributed by atoms with E-state index in [2.05, 4.69) is 10.2 Å². The molecule has 0 N–H and O–H groups in total. The maximum atomic E-state index is 12.8. The maximum absolute atomic E-state index is 12.8. The van der Waals surface area contributed by atoms with Crippen molar-refractivity contribution in [3.63, 3.8) is 0 Å². The molecule has 8 heteroatoms. The summed E-state index contributed by atoms with van der Waals surface area (Å²) in [6.45, 7) is -0.630. The number of aryl methyl sites for hydroxylation is 1. The van der Waals surface area contributed by atoms with Gasteiger partial charge in [-0.15, -0.1) is 0 Å². The zero-order valence-corrected chi connectivity index (χ0v) is 14.7. The van der Waals surface area contributed by atoms with E-state index >= 15 is 0 Å². The first-order valence-corrected chi connectivity index (χ1v) is 8.02. The molecule has 0 saturated heterocycles. The lowest BCUT2D eigenvalue weighted by Crippen LogP contribution is -2.25. The molecule has 0 aliphatic carbocycles. The molecule has 2 aromatic heterocycles. The van der Waals surface area contributed by atoms with Crippen molar-refractivity contribution in [1.29, 1.82) is 0 Å². The van der Waals surface area contributed by atoms with Crippen LogP contribution >= 0.6 is 0 Å². The lowest BCUT2D eigenvalue weighted by Gasteiger charge is -2.16. The molecule has 3 aromatic rings. The molecule has 0 spiro atoms. The van der Waals surface area contributed by atoms with E-state index in [0.717, 1.165) is 11.1 Å². The first-order chi connectivity index (χ1) is 12.4. The summed E-state index contributed by atoms with van der Waals surface area (Å²) in [5, 5.41) is 7.80. The van der Waals surface area contributed by atoms with Crippen LogP contribution in [0.25, 0.3) is 11.1 Å². The SMILES string of the molecule is Cc1c(-c2ccc(C(=O)N(C)Cc3cnn(C)c3)cc2)cnn1C(F)F. The van der Waals surface area contributed by atoms with Crippen molar-refractivity contribution in [3.8, 4) is 11.1 Å². The molecule has 3 rings (SSSR count). The molecular weight excluding hydrogens is 340 g/mol. The van der Waals surface area contributed by atoms with Gasteiger partial charge in [0.15, 0.2) is 0 Å². The number of carbonyl (C=O) groups is 1. The van der Waals surface area contributed by atoms with Crippen molar-refractivity contribution in [2.45, 2.75) is 20.0 Å². The van der Waals surface area contributed by atoms with Crippen LogP contribution in [0.4, 0.5) is 8.78 Å². The highest BCUT2D eigenvalue weighted by Gasteiger charge is 2.16. The highest BCUT2D eigenvalue weighted by atomic mass is 19.3. The van der Waals surface area contributed by atoms with Crippen molar-refractivity contribution in [3.05, 3.63) is 59.7 Å². The summed E-state index contributed by atoms with van der Waals surface area (Å²) >= 11 is 0. The summed E-state index contributed by atoms with van der Waals surface area (Å²) in [7, 11) is 3.54. The maximum Gasteiger partial charge on any atom is 0.333 e. The van der Waals surface area contributed by atoms with Crippen LogP contribution in [0.5, 0.6) is 0 Å². The van der Waals surface area contributed by atoms with Gasteiger partial charge in [-0.2, -0.15) is 19.0 Å². The Balaban J connectivity index is 1.75. The van der Waals surface area contributed by atoms with Crippen molar-refractivity contribution >= 4 is 5.91 Å². The Morgan fingerprint density at radius 1 is 1.19 bits per heavy atom. The summed E-state index contributed by atoms with van der Waals surface area (Å²) in [4.78, 5) is 14.2. The molecule has 136 valence electrons. The minimum absolute atomic E-state index is 0.125. The second-order valence-corrected chi connectivity index (χ2v) is 6.13. The Kier molecular flexibility index (Phi) is 4.83. The van der Waals surface area contributed by atoms with Crippen LogP contribution in [0.3, 0.4) is 0 Å². The molecule has 26 heavy (non-hydrogen) atoms. The summed E-state index contributed by atoms with van der Waals surface area (Å²) < 4.78 is 28.0. The van der Waals surface area contributed by atoms with Crippen LogP contribution in [-0.4, -0.2) is 37.4 Å². The number of nitrogens with zero attached hydrogens (tertiary/aromatic N) is 5. The van der Waals surface area contributed by atoms with E-state index in [1.165, 1.54) is 6.20 Å². The minimum Gasteiger partial charge on any atom is -0.337 e. The molecule has 6 nitrogen and oxygen atoms in total. The topological polar surface area (TPSA) is 56.0 Å². The van der Waals surface area contributed by atoms with Crippen LogP contribution in [0.15, 0.2) is 42.9 Å². The minimum atomic E-state index is -2.68. The Bertz CT molecular complexity index is 914. The first kappa shape index (κ1) is 17.8. The fraction of sp³-hybridized carbons (Fsp3) is 0.278. The lowest BCUT2D eigenvalue weighted by molar-refractivity contribution is 0.0545. The van der Waals surface area contributed by atoms with E-state index in [1.54, 1.807) is 54.0 Å². The predicted octanol–water partition coefficient (Wildman–Crippen LogP) is 3.26. The molecule has 0 fully saturated rings. The molecule has 2 heterocycles. The van der Waals surface area contributed by atoms with Gasteiger partial charge in [-0.1, -0.05) is 12.1 Å². The quantitative estimate of drug-likeness (QED) is 0.703. The third kappa shape index (κ3) is 3.49. The third-order valence-corrected chi connectivity index (χ3v) is 4.20. The Labute approximate surface area is 149 Å². The van der Waals surface area contributed by atoms with Crippen molar-refractivity contribution in [1.82, 2.24) is 24.5 Å². The van der Waals surface area contributed by atoms with E-state index < -0.39 is 6.55 Å². The average Bonchev–Trinajstić information content (AvgIpc) is 3.20. The molecule has 0 unspecified atom stereocenters. The highest BCUT2D eigenvalue weighted by Crippen LogP contribution is 2.26. The van der Waals surface area contributed by atoms with Gasteiger partial charge < -0.3 is 4.90 Å². The lowest BCUT2D eigenvalue weighted by atomic mass is 10.0. The molecule has 0 radical (unpaired) electrons. The van der Waals surface area contributed by atoms with E-state index in [0.29, 0.717) is 28.0 Å². The van der Waals surface area contributed by atoms with E-state index in [-0.39, 0.29) is 5.91 Å². The first-order valence-electron chi connectivity index (χ1n) is 8.02. The monoisotopic (exact) mass is 359 g/mol. The normalized spacial score (nSPS) is 11.2. The van der Waals surface area contributed by atoms with Gasteiger partial charge in [-0.05, 0) is 24.6 Å². The smallest absolute Gasteiger partial charge is 0.333 e. The van der Waals surface area contributed by atoms with Crippen LogP contribution in [0.2, 0.25) is 0 Å². The van der Waals surface area contributed by atoms with E-state index in [1.807, 2.05) is 13.2 Å². The number of hydrogen-bond donors (Lipinski definition) is 0. The van der Waals surface area contributed by atoms with Gasteiger partial charge in [0.05, 0.1) is 12.4 Å². The van der Waals surface area contributed by atoms with Gasteiger partial charge in [-0.3, -0.25) is 9.48 Å². The fourth-order valence-electron chi connectivity index (χ4n) is 2.82. The Morgan fingerprint density at radius 2 is 1.88 bits per heavy atom. The summed E-state index contributed by atoms with van der Waals surface area (Å²) in [6.07, 6.45) is 4.99. The molecular formula is C18H19F2N5O. The third-order valence-electron chi connectivity index (χ3n) is 4.20. The highest BCUT2D eigenvalue weighted by molar-refractivity contribution is 5.94. The van der Waals surface area contributed by atoms with Gasteiger partial charge >= 0.3 is 6.55 Å². The second-order valence-electron chi connectivity index (χ2n) is 6.13. The number of benzene rings is 1. The molecule has 0 aliphatic heterocycles. The predicted molar refractivity (Wildman–Crippen MR) is 92.7 cm³/mol. The van der Waals surface area contributed by atoms with Crippen molar-refractivity contribution < 1.29 is 13.6 Å². The van der Waals surface area contributed by atoms with Crippen molar-refractivity contribution in [2.24, 2.45) is 7.05 Å². The van der Waals surface area contributed by atoms with Gasteiger partial charge in [-0.25, -0.2) is 4.68 Å². The fourth-order valence-corrected chi connectivity index (χ4v) is 2.82. The van der Waals surface area contributed by atoms with Crippen molar-refractivity contribution in [2.75, 3.05) is 7.05 Å². The average molecular weight is 359 g/mol. The standard InChI is InChI=1S/C18H19F2N5O/c1-12-16(9-22-25(12)18(19)20)14-4-6-15(7-5-14)17(26)23(2)10-13-8-21-24(3)11-13/h4-9,11,18H,10H2,1-3H3. The number of carbonyl (C=O) groups excluding carboxylic acids is 1. The Morgan fingerprint density at radius 3 is 2.42 bits per heavy atom. The van der Waals surface area contributed by atoms with Crippen LogP contribution < -0.4 is 0 Å². The summed E-state index contributed by atoms with van der Waals surface area (Å²) in [6, 6.07) is 6.86. The van der Waals surface area contributed by atoms with Crippen LogP contribution in [0.1, 0.15) is 28.2 Å². The summed E-state index contributed by atoms with van der Waals surface area (Å²) in [5.41, 5.74) is 3.20. The largest absolute Gasteiger partial charge is 0.337 e. The molecule has 0 aliphatic rings. The second kappa shape index (κ2) is 7.07. The Hall–Kier alpha value is -3.03. The number of halogens is 2.